The molecular formula is C17H18N2O4. The fraction of sp³-hybridized carbons (Fsp3) is 0.294. The van der Waals surface area contributed by atoms with Gasteiger partial charge in [0.15, 0.2) is 0 Å². The molecule has 0 fully saturated rings. The van der Waals surface area contributed by atoms with Crippen molar-refractivity contribution in [3.8, 4) is 0 Å². The number of aromatic nitrogens is 2. The van der Waals surface area contributed by atoms with Crippen molar-refractivity contribution in [2.75, 3.05) is 0 Å². The molecule has 6 nitrogen and oxygen atoms in total. The van der Waals surface area contributed by atoms with Crippen molar-refractivity contribution in [2.45, 2.75) is 32.1 Å². The van der Waals surface area contributed by atoms with Crippen LogP contribution in [0.15, 0.2) is 36.5 Å². The molecule has 120 valence electrons. The molecule has 2 rings (SSSR count). The second-order valence-corrected chi connectivity index (χ2v) is 5.57. The quantitative estimate of drug-likeness (QED) is 0.849. The van der Waals surface area contributed by atoms with Gasteiger partial charge in [-0.3, -0.25) is 4.98 Å². The van der Waals surface area contributed by atoms with Crippen molar-refractivity contribution >= 4 is 11.9 Å². The number of nitrogens with zero attached hydrogens (tertiary/aromatic N) is 2. The Bertz CT molecular complexity index is 713. The monoisotopic (exact) mass is 314 g/mol. The topological polar surface area (TPSA) is 100 Å². The number of hydrogen-bond donors (Lipinski definition) is 2. The van der Waals surface area contributed by atoms with E-state index >= 15 is 0 Å². The summed E-state index contributed by atoms with van der Waals surface area (Å²) in [5.74, 6) is -1.88. The first-order chi connectivity index (χ1) is 10.9. The standard InChI is InChI=1S/C17H18N2O4/c1-10(13-7-6-12(9-18-13)16(20)21)8-11(2)14-4-3-5-15(19-14)17(22)23/h3-7,9-11H,8H2,1-2H3,(H,20,21)(H,22,23). The Kier molecular flexibility index (Phi) is 5.05. The summed E-state index contributed by atoms with van der Waals surface area (Å²) in [5.41, 5.74) is 1.71. The van der Waals surface area contributed by atoms with E-state index in [0.717, 1.165) is 17.8 Å². The number of pyridine rings is 2. The fourth-order valence-electron chi connectivity index (χ4n) is 2.44. The Morgan fingerprint density at radius 2 is 1.70 bits per heavy atom. The van der Waals surface area contributed by atoms with Crippen LogP contribution in [0.1, 0.15) is 64.3 Å². The van der Waals surface area contributed by atoms with Gasteiger partial charge in [-0.25, -0.2) is 14.6 Å². The van der Waals surface area contributed by atoms with E-state index in [1.165, 1.54) is 18.3 Å². The Labute approximate surface area is 133 Å². The molecule has 0 aromatic carbocycles. The van der Waals surface area contributed by atoms with Gasteiger partial charge in [0, 0.05) is 17.6 Å². The van der Waals surface area contributed by atoms with Crippen LogP contribution in [-0.2, 0) is 0 Å². The van der Waals surface area contributed by atoms with Crippen LogP contribution in [0.4, 0.5) is 0 Å². The summed E-state index contributed by atoms with van der Waals surface area (Å²) >= 11 is 0. The third-order valence-corrected chi connectivity index (χ3v) is 3.74. The lowest BCUT2D eigenvalue weighted by atomic mass is 9.91. The molecule has 0 radical (unpaired) electrons. The predicted molar refractivity (Wildman–Crippen MR) is 83.8 cm³/mol. The highest BCUT2D eigenvalue weighted by atomic mass is 16.4. The van der Waals surface area contributed by atoms with Gasteiger partial charge >= 0.3 is 11.9 Å². The van der Waals surface area contributed by atoms with Crippen LogP contribution in [0.3, 0.4) is 0 Å². The minimum absolute atomic E-state index is 0.0333. The van der Waals surface area contributed by atoms with E-state index < -0.39 is 11.9 Å². The van der Waals surface area contributed by atoms with E-state index in [0.29, 0.717) is 0 Å². The first kappa shape index (κ1) is 16.6. The molecule has 0 amide bonds. The minimum Gasteiger partial charge on any atom is -0.478 e. The Hall–Kier alpha value is -2.76. The molecule has 0 spiro atoms. The number of hydrogen-bond acceptors (Lipinski definition) is 4. The van der Waals surface area contributed by atoms with E-state index in [1.807, 2.05) is 19.9 Å². The summed E-state index contributed by atoms with van der Waals surface area (Å²) in [6, 6.07) is 8.21. The van der Waals surface area contributed by atoms with E-state index in [9.17, 15) is 9.59 Å². The van der Waals surface area contributed by atoms with Crippen molar-refractivity contribution in [3.05, 3.63) is 59.2 Å². The molecule has 2 N–H and O–H groups in total. The Balaban J connectivity index is 2.09. The normalized spacial score (nSPS) is 13.3. The third-order valence-electron chi connectivity index (χ3n) is 3.74. The lowest BCUT2D eigenvalue weighted by molar-refractivity contribution is 0.0682. The zero-order valence-electron chi connectivity index (χ0n) is 12.9. The first-order valence-electron chi connectivity index (χ1n) is 7.28. The summed E-state index contributed by atoms with van der Waals surface area (Å²) in [7, 11) is 0. The molecule has 0 aliphatic rings. The maximum absolute atomic E-state index is 11.0. The van der Waals surface area contributed by atoms with Crippen molar-refractivity contribution in [1.29, 1.82) is 0 Å². The zero-order chi connectivity index (χ0) is 17.0. The maximum Gasteiger partial charge on any atom is 0.354 e. The molecule has 0 aliphatic heterocycles. The van der Waals surface area contributed by atoms with Gasteiger partial charge in [0.1, 0.15) is 5.69 Å². The number of aromatic carboxylic acids is 2. The van der Waals surface area contributed by atoms with Crippen molar-refractivity contribution < 1.29 is 19.8 Å². The van der Waals surface area contributed by atoms with Gasteiger partial charge in [-0.05, 0) is 42.5 Å². The molecule has 6 heteroatoms. The average molecular weight is 314 g/mol. The molecule has 0 aliphatic carbocycles. The Morgan fingerprint density at radius 1 is 1.00 bits per heavy atom. The molecule has 0 saturated heterocycles. The van der Waals surface area contributed by atoms with Gasteiger partial charge in [0.05, 0.1) is 5.56 Å². The van der Waals surface area contributed by atoms with Crippen LogP contribution in [0, 0.1) is 0 Å². The van der Waals surface area contributed by atoms with Gasteiger partial charge in [0.25, 0.3) is 0 Å². The van der Waals surface area contributed by atoms with Gasteiger partial charge in [-0.2, -0.15) is 0 Å². The first-order valence-corrected chi connectivity index (χ1v) is 7.28. The second-order valence-electron chi connectivity index (χ2n) is 5.57. The van der Waals surface area contributed by atoms with Crippen LogP contribution in [0.5, 0.6) is 0 Å². The van der Waals surface area contributed by atoms with Crippen LogP contribution in [0.25, 0.3) is 0 Å². The zero-order valence-corrected chi connectivity index (χ0v) is 12.9. The van der Waals surface area contributed by atoms with Crippen LogP contribution in [0.2, 0.25) is 0 Å². The number of carboxylic acid groups (broad SMARTS) is 2. The predicted octanol–water partition coefficient (Wildman–Crippen LogP) is 3.17. The lowest BCUT2D eigenvalue weighted by Gasteiger charge is -2.17. The highest BCUT2D eigenvalue weighted by molar-refractivity contribution is 5.87. The molecule has 23 heavy (non-hydrogen) atoms. The molecule has 2 heterocycles. The number of carbonyl (C=O) groups is 2. The highest BCUT2D eigenvalue weighted by Crippen LogP contribution is 2.27. The fourth-order valence-corrected chi connectivity index (χ4v) is 2.44. The maximum atomic E-state index is 11.0. The van der Waals surface area contributed by atoms with Crippen molar-refractivity contribution in [3.63, 3.8) is 0 Å². The van der Waals surface area contributed by atoms with Gasteiger partial charge < -0.3 is 10.2 Å². The third kappa shape index (κ3) is 4.12. The summed E-state index contributed by atoms with van der Waals surface area (Å²) in [5, 5.41) is 17.9. The lowest BCUT2D eigenvalue weighted by Crippen LogP contribution is -2.08. The van der Waals surface area contributed by atoms with Crippen LogP contribution >= 0.6 is 0 Å². The van der Waals surface area contributed by atoms with Gasteiger partial charge in [0.2, 0.25) is 0 Å². The van der Waals surface area contributed by atoms with E-state index in [1.54, 1.807) is 12.1 Å². The minimum atomic E-state index is -1.04. The van der Waals surface area contributed by atoms with E-state index in [2.05, 4.69) is 9.97 Å². The number of rotatable bonds is 6. The van der Waals surface area contributed by atoms with Crippen LogP contribution < -0.4 is 0 Å². The molecule has 2 atom stereocenters. The molecule has 2 unspecified atom stereocenters. The molecular weight excluding hydrogens is 296 g/mol. The SMILES string of the molecule is CC(CC(C)c1cccc(C(=O)O)n1)c1ccc(C(=O)O)cn1. The second kappa shape index (κ2) is 7.00. The van der Waals surface area contributed by atoms with E-state index in [-0.39, 0.29) is 23.1 Å². The summed E-state index contributed by atoms with van der Waals surface area (Å²) < 4.78 is 0. The van der Waals surface area contributed by atoms with Gasteiger partial charge in [-0.15, -0.1) is 0 Å². The van der Waals surface area contributed by atoms with Crippen molar-refractivity contribution in [2.24, 2.45) is 0 Å². The van der Waals surface area contributed by atoms with Crippen LogP contribution in [-0.4, -0.2) is 32.1 Å². The summed E-state index contributed by atoms with van der Waals surface area (Å²) in [6.45, 7) is 3.98. The molecule has 2 aromatic rings. The highest BCUT2D eigenvalue weighted by Gasteiger charge is 2.16. The molecule has 0 bridgehead atoms. The average Bonchev–Trinajstić information content (AvgIpc) is 2.54. The smallest absolute Gasteiger partial charge is 0.354 e. The Morgan fingerprint density at radius 3 is 2.26 bits per heavy atom. The number of carboxylic acids is 2. The molecule has 0 saturated carbocycles. The summed E-state index contributed by atoms with van der Waals surface area (Å²) in [4.78, 5) is 30.2. The van der Waals surface area contributed by atoms with Crippen molar-refractivity contribution in [1.82, 2.24) is 9.97 Å². The molecule has 2 aromatic heterocycles. The van der Waals surface area contributed by atoms with E-state index in [4.69, 9.17) is 10.2 Å². The summed E-state index contributed by atoms with van der Waals surface area (Å²) in [6.07, 6.45) is 2.08. The van der Waals surface area contributed by atoms with Gasteiger partial charge in [-0.1, -0.05) is 19.9 Å². The largest absolute Gasteiger partial charge is 0.478 e.